The second-order valence-electron chi connectivity index (χ2n) is 5.61. The van der Waals surface area contributed by atoms with E-state index in [2.05, 4.69) is 0 Å². The topological polar surface area (TPSA) is 90.2 Å². The Hall–Kier alpha value is -1.12. The van der Waals surface area contributed by atoms with E-state index in [1.54, 1.807) is 4.90 Å². The Kier molecular flexibility index (Phi) is 4.42. The van der Waals surface area contributed by atoms with Crippen molar-refractivity contribution in [2.24, 2.45) is 0 Å². The summed E-state index contributed by atoms with van der Waals surface area (Å²) in [5.41, 5.74) is 1.78. The van der Waals surface area contributed by atoms with Gasteiger partial charge in [-0.15, -0.1) is 11.8 Å². The summed E-state index contributed by atoms with van der Waals surface area (Å²) >= 11 is 1.37. The molecule has 5 atom stereocenters. The molecule has 2 saturated heterocycles. The largest absolute Gasteiger partial charge is 0.394 e. The van der Waals surface area contributed by atoms with Crippen molar-refractivity contribution >= 4 is 23.4 Å². The molecule has 1 aromatic carbocycles. The van der Waals surface area contributed by atoms with Gasteiger partial charge in [-0.05, 0) is 24.6 Å². The number of aliphatic hydroxyl groups excluding tert-OH is 3. The minimum absolute atomic E-state index is 0.0571. The molecule has 22 heavy (non-hydrogen) atoms. The van der Waals surface area contributed by atoms with Gasteiger partial charge in [0.25, 0.3) is 0 Å². The minimum Gasteiger partial charge on any atom is -0.394 e. The SMILES string of the molecule is Cc1cccc(N2C(=O)CS[C@@H]2[C@H]2O[C@H](CO)[C@@H](O)[C@@H]2O)c1. The standard InChI is InChI=1S/C15H19NO5S/c1-8-3-2-4-9(5-8)16-11(18)7-22-15(16)14-13(20)12(19)10(6-17)21-14/h2-5,10,12-15,17,19-20H,6-7H2,1H3/t10-,12-,13+,14+,15-/m1/s1. The number of carbonyl (C=O) groups excluding carboxylic acids is 1. The monoisotopic (exact) mass is 325 g/mol. The molecule has 7 heteroatoms. The molecule has 120 valence electrons. The number of ether oxygens (including phenoxy) is 1. The Labute approximate surface area is 132 Å². The molecule has 2 aliphatic heterocycles. The highest BCUT2D eigenvalue weighted by Gasteiger charge is 2.50. The van der Waals surface area contributed by atoms with Crippen LogP contribution >= 0.6 is 11.8 Å². The summed E-state index contributed by atoms with van der Waals surface area (Å²) in [6.45, 7) is 1.57. The van der Waals surface area contributed by atoms with E-state index < -0.39 is 29.8 Å². The summed E-state index contributed by atoms with van der Waals surface area (Å²) in [5.74, 6) is 0.240. The Morgan fingerprint density at radius 1 is 1.36 bits per heavy atom. The molecule has 3 rings (SSSR count). The van der Waals surface area contributed by atoms with Crippen molar-refractivity contribution in [2.75, 3.05) is 17.3 Å². The molecule has 0 bridgehead atoms. The first-order chi connectivity index (χ1) is 10.5. The van der Waals surface area contributed by atoms with Crippen molar-refractivity contribution in [2.45, 2.75) is 36.7 Å². The lowest BCUT2D eigenvalue weighted by Crippen LogP contribution is -2.46. The van der Waals surface area contributed by atoms with Crippen LogP contribution in [0, 0.1) is 6.92 Å². The van der Waals surface area contributed by atoms with Crippen LogP contribution in [0.15, 0.2) is 24.3 Å². The van der Waals surface area contributed by atoms with Gasteiger partial charge >= 0.3 is 0 Å². The fourth-order valence-electron chi connectivity index (χ4n) is 2.92. The average Bonchev–Trinajstić information content (AvgIpc) is 3.01. The van der Waals surface area contributed by atoms with E-state index >= 15 is 0 Å². The highest BCUT2D eigenvalue weighted by molar-refractivity contribution is 8.01. The Morgan fingerprint density at radius 2 is 2.14 bits per heavy atom. The number of hydrogen-bond acceptors (Lipinski definition) is 6. The molecule has 0 saturated carbocycles. The normalized spacial score (nSPS) is 35.4. The van der Waals surface area contributed by atoms with Crippen molar-refractivity contribution < 1.29 is 24.9 Å². The van der Waals surface area contributed by atoms with Crippen LogP contribution in [0.2, 0.25) is 0 Å². The summed E-state index contributed by atoms with van der Waals surface area (Å²) < 4.78 is 5.58. The van der Waals surface area contributed by atoms with E-state index in [9.17, 15) is 20.1 Å². The number of amides is 1. The molecule has 1 amide bonds. The van der Waals surface area contributed by atoms with E-state index in [1.165, 1.54) is 11.8 Å². The number of anilines is 1. The van der Waals surface area contributed by atoms with E-state index in [0.29, 0.717) is 5.75 Å². The smallest absolute Gasteiger partial charge is 0.238 e. The third-order valence-electron chi connectivity index (χ3n) is 4.04. The van der Waals surface area contributed by atoms with Crippen molar-refractivity contribution in [3.05, 3.63) is 29.8 Å². The van der Waals surface area contributed by atoms with Crippen molar-refractivity contribution in [1.29, 1.82) is 0 Å². The number of aliphatic hydroxyl groups is 3. The van der Waals surface area contributed by atoms with Crippen molar-refractivity contribution in [3.63, 3.8) is 0 Å². The number of nitrogens with zero attached hydrogens (tertiary/aromatic N) is 1. The van der Waals surface area contributed by atoms with Gasteiger partial charge in [0.1, 0.15) is 29.8 Å². The molecule has 0 spiro atoms. The predicted molar refractivity (Wildman–Crippen MR) is 82.7 cm³/mol. The summed E-state index contributed by atoms with van der Waals surface area (Å²) in [6.07, 6.45) is -3.83. The molecule has 2 heterocycles. The first-order valence-corrected chi connectivity index (χ1v) is 8.20. The van der Waals surface area contributed by atoms with Gasteiger partial charge in [0.05, 0.1) is 12.4 Å². The molecule has 6 nitrogen and oxygen atoms in total. The minimum atomic E-state index is -1.15. The quantitative estimate of drug-likeness (QED) is 0.718. The highest BCUT2D eigenvalue weighted by atomic mass is 32.2. The average molecular weight is 325 g/mol. The molecule has 2 fully saturated rings. The number of aryl methyl sites for hydroxylation is 1. The van der Waals surface area contributed by atoms with Crippen LogP contribution in [-0.2, 0) is 9.53 Å². The fourth-order valence-corrected chi connectivity index (χ4v) is 4.17. The lowest BCUT2D eigenvalue weighted by Gasteiger charge is -2.30. The molecule has 2 aliphatic rings. The number of thioether (sulfide) groups is 1. The van der Waals surface area contributed by atoms with Gasteiger partial charge < -0.3 is 20.1 Å². The number of benzene rings is 1. The highest BCUT2D eigenvalue weighted by Crippen LogP contribution is 2.38. The first kappa shape index (κ1) is 15.8. The van der Waals surface area contributed by atoms with Crippen LogP contribution in [0.25, 0.3) is 0 Å². The first-order valence-electron chi connectivity index (χ1n) is 7.15. The van der Waals surface area contributed by atoms with E-state index in [1.807, 2.05) is 31.2 Å². The zero-order valence-corrected chi connectivity index (χ0v) is 12.9. The maximum absolute atomic E-state index is 12.2. The fraction of sp³-hybridized carbons (Fsp3) is 0.533. The number of rotatable bonds is 3. The lowest BCUT2D eigenvalue weighted by molar-refractivity contribution is -0.116. The van der Waals surface area contributed by atoms with Crippen LogP contribution < -0.4 is 4.90 Å². The molecule has 0 unspecified atom stereocenters. The number of carbonyl (C=O) groups is 1. The Balaban J connectivity index is 1.88. The van der Waals surface area contributed by atoms with Gasteiger partial charge in [0.2, 0.25) is 5.91 Å². The summed E-state index contributed by atoms with van der Waals surface area (Å²) in [5, 5.41) is 28.9. The van der Waals surface area contributed by atoms with E-state index in [4.69, 9.17) is 4.74 Å². The van der Waals surface area contributed by atoms with Gasteiger partial charge in [-0.25, -0.2) is 0 Å². The van der Waals surface area contributed by atoms with Crippen LogP contribution in [0.1, 0.15) is 5.56 Å². The maximum Gasteiger partial charge on any atom is 0.238 e. The van der Waals surface area contributed by atoms with E-state index in [-0.39, 0.29) is 12.5 Å². The van der Waals surface area contributed by atoms with Crippen molar-refractivity contribution in [3.8, 4) is 0 Å². The zero-order valence-electron chi connectivity index (χ0n) is 12.1. The van der Waals surface area contributed by atoms with Gasteiger partial charge in [-0.3, -0.25) is 9.69 Å². The molecule has 0 aliphatic carbocycles. The van der Waals surface area contributed by atoms with Gasteiger partial charge in [-0.1, -0.05) is 12.1 Å². The van der Waals surface area contributed by atoms with Crippen molar-refractivity contribution in [1.82, 2.24) is 0 Å². The van der Waals surface area contributed by atoms with Crippen LogP contribution in [0.4, 0.5) is 5.69 Å². The molecule has 0 aromatic heterocycles. The van der Waals surface area contributed by atoms with Crippen LogP contribution in [-0.4, -0.2) is 63.4 Å². The molecule has 0 radical (unpaired) electrons. The molecule has 1 aromatic rings. The second kappa shape index (κ2) is 6.17. The molecular weight excluding hydrogens is 306 g/mol. The van der Waals surface area contributed by atoms with Gasteiger partial charge in [-0.2, -0.15) is 0 Å². The Morgan fingerprint density at radius 3 is 2.77 bits per heavy atom. The third-order valence-corrected chi connectivity index (χ3v) is 5.28. The summed E-state index contributed by atoms with van der Waals surface area (Å²) in [6, 6.07) is 7.55. The lowest BCUT2D eigenvalue weighted by atomic mass is 10.1. The number of hydrogen-bond donors (Lipinski definition) is 3. The summed E-state index contributed by atoms with van der Waals surface area (Å²) in [4.78, 5) is 13.9. The third kappa shape index (κ3) is 2.63. The maximum atomic E-state index is 12.2. The Bertz CT molecular complexity index is 569. The van der Waals surface area contributed by atoms with E-state index in [0.717, 1.165) is 11.3 Å². The second-order valence-corrected chi connectivity index (χ2v) is 6.71. The molecular formula is C15H19NO5S. The zero-order chi connectivity index (χ0) is 15.9. The van der Waals surface area contributed by atoms with Gasteiger partial charge in [0, 0.05) is 5.69 Å². The van der Waals surface area contributed by atoms with Gasteiger partial charge in [0.15, 0.2) is 0 Å². The molecule has 3 N–H and O–H groups in total. The van der Waals surface area contributed by atoms with Crippen LogP contribution in [0.3, 0.4) is 0 Å². The van der Waals surface area contributed by atoms with Crippen LogP contribution in [0.5, 0.6) is 0 Å². The predicted octanol–water partition coefficient (Wildman–Crippen LogP) is -0.118. The summed E-state index contributed by atoms with van der Waals surface area (Å²) in [7, 11) is 0.